The van der Waals surface area contributed by atoms with Crippen LogP contribution in [0.2, 0.25) is 0 Å². The van der Waals surface area contributed by atoms with E-state index in [1.807, 2.05) is 12.1 Å². The highest BCUT2D eigenvalue weighted by Gasteiger charge is 2.18. The maximum atomic E-state index is 5.43. The van der Waals surface area contributed by atoms with Crippen LogP contribution in [0.25, 0.3) is 0 Å². The average molecular weight is 258 g/mol. The van der Waals surface area contributed by atoms with Crippen LogP contribution in [0.4, 0.5) is 5.69 Å². The quantitative estimate of drug-likeness (QED) is 0.595. The Balaban J connectivity index is 1.87. The average Bonchev–Trinajstić information content (AvgIpc) is 2.48. The molecule has 0 unspecified atom stereocenters. The number of methoxy groups -OCH3 is 1. The minimum absolute atomic E-state index is 0.882. The number of benzene rings is 1. The fraction of sp³-hybridized carbons (Fsp3) is 0.500. The van der Waals surface area contributed by atoms with Crippen molar-refractivity contribution in [2.45, 2.75) is 12.8 Å². The van der Waals surface area contributed by atoms with Gasteiger partial charge in [-0.25, -0.2) is 0 Å². The van der Waals surface area contributed by atoms with Crippen molar-refractivity contribution in [3.63, 3.8) is 0 Å². The van der Waals surface area contributed by atoms with Crippen LogP contribution in [0, 0.1) is 12.3 Å². The van der Waals surface area contributed by atoms with Crippen LogP contribution in [-0.2, 0) is 0 Å². The third-order valence-corrected chi connectivity index (χ3v) is 3.59. The van der Waals surface area contributed by atoms with E-state index < -0.39 is 0 Å². The summed E-state index contributed by atoms with van der Waals surface area (Å²) in [6.45, 7) is 5.42. The minimum atomic E-state index is 0.882. The normalized spacial score (nSPS) is 16.1. The summed E-state index contributed by atoms with van der Waals surface area (Å²) in [7, 11) is 1.73. The topological polar surface area (TPSA) is 15.7 Å². The second-order valence-electron chi connectivity index (χ2n) is 4.81. The van der Waals surface area contributed by atoms with Crippen molar-refractivity contribution in [3.8, 4) is 18.1 Å². The molecular formula is C16H22N2O. The third-order valence-electron chi connectivity index (χ3n) is 3.59. The van der Waals surface area contributed by atoms with Crippen LogP contribution in [0.1, 0.15) is 12.8 Å². The Morgan fingerprint density at radius 2 is 1.95 bits per heavy atom. The molecule has 0 atom stereocenters. The molecule has 2 rings (SSSR count). The highest BCUT2D eigenvalue weighted by Crippen LogP contribution is 2.28. The molecule has 1 aliphatic heterocycles. The molecule has 0 N–H and O–H groups in total. The Morgan fingerprint density at radius 1 is 1.21 bits per heavy atom. The van der Waals surface area contributed by atoms with Crippen molar-refractivity contribution < 1.29 is 4.74 Å². The van der Waals surface area contributed by atoms with E-state index in [0.29, 0.717) is 0 Å². The summed E-state index contributed by atoms with van der Waals surface area (Å²) in [6.07, 6.45) is 7.27. The summed E-state index contributed by atoms with van der Waals surface area (Å²) in [6, 6.07) is 8.23. The molecule has 0 aliphatic carbocycles. The Labute approximate surface area is 116 Å². The number of ether oxygens (including phenoxy) is 1. The number of piperazine rings is 1. The lowest BCUT2D eigenvalue weighted by Crippen LogP contribution is -2.46. The number of hydrogen-bond donors (Lipinski definition) is 0. The van der Waals surface area contributed by atoms with Crippen molar-refractivity contribution in [2.24, 2.45) is 0 Å². The molecule has 1 heterocycles. The van der Waals surface area contributed by atoms with Gasteiger partial charge >= 0.3 is 0 Å². The molecule has 0 bridgehead atoms. The van der Waals surface area contributed by atoms with Crippen LogP contribution < -0.4 is 9.64 Å². The molecule has 3 heteroatoms. The smallest absolute Gasteiger partial charge is 0.142 e. The highest BCUT2D eigenvalue weighted by molar-refractivity contribution is 5.58. The molecule has 0 radical (unpaired) electrons. The summed E-state index contributed by atoms with van der Waals surface area (Å²) >= 11 is 0. The van der Waals surface area contributed by atoms with Gasteiger partial charge in [0.25, 0.3) is 0 Å². The summed E-state index contributed by atoms with van der Waals surface area (Å²) in [5, 5.41) is 0. The number of para-hydroxylation sites is 2. The summed E-state index contributed by atoms with van der Waals surface area (Å²) in [5.41, 5.74) is 1.20. The molecule has 19 heavy (non-hydrogen) atoms. The molecule has 0 spiro atoms. The molecule has 1 aromatic carbocycles. The highest BCUT2D eigenvalue weighted by atomic mass is 16.5. The molecule has 1 saturated heterocycles. The predicted molar refractivity (Wildman–Crippen MR) is 79.7 cm³/mol. The zero-order valence-electron chi connectivity index (χ0n) is 11.6. The Bertz CT molecular complexity index is 431. The molecule has 1 aromatic rings. The van der Waals surface area contributed by atoms with Gasteiger partial charge in [-0.15, -0.1) is 12.3 Å². The van der Waals surface area contributed by atoms with Crippen LogP contribution in [-0.4, -0.2) is 44.7 Å². The lowest BCUT2D eigenvalue weighted by Gasteiger charge is -2.36. The van der Waals surface area contributed by atoms with E-state index in [4.69, 9.17) is 11.2 Å². The zero-order valence-corrected chi connectivity index (χ0v) is 11.6. The van der Waals surface area contributed by atoms with Crippen LogP contribution >= 0.6 is 0 Å². The number of unbranched alkanes of at least 4 members (excludes halogenated alkanes) is 1. The molecular weight excluding hydrogens is 236 g/mol. The SMILES string of the molecule is C#CCCCN1CCN(c2ccccc2OC)CC1. The van der Waals surface area contributed by atoms with Crippen molar-refractivity contribution in [2.75, 3.05) is 44.7 Å². The van der Waals surface area contributed by atoms with Crippen molar-refractivity contribution in [1.29, 1.82) is 0 Å². The number of hydrogen-bond acceptors (Lipinski definition) is 3. The zero-order chi connectivity index (χ0) is 13.5. The van der Waals surface area contributed by atoms with Gasteiger partial charge in [-0.2, -0.15) is 0 Å². The summed E-state index contributed by atoms with van der Waals surface area (Å²) in [5.74, 6) is 3.66. The molecule has 0 saturated carbocycles. The first-order valence-corrected chi connectivity index (χ1v) is 6.89. The lowest BCUT2D eigenvalue weighted by molar-refractivity contribution is 0.255. The van der Waals surface area contributed by atoms with E-state index in [2.05, 4.69) is 27.9 Å². The van der Waals surface area contributed by atoms with Gasteiger partial charge < -0.3 is 9.64 Å². The number of nitrogens with zero attached hydrogens (tertiary/aromatic N) is 2. The molecule has 102 valence electrons. The van der Waals surface area contributed by atoms with E-state index >= 15 is 0 Å². The fourth-order valence-corrected chi connectivity index (χ4v) is 2.51. The van der Waals surface area contributed by atoms with E-state index in [1.54, 1.807) is 7.11 Å². The third kappa shape index (κ3) is 3.65. The Morgan fingerprint density at radius 3 is 2.63 bits per heavy atom. The van der Waals surface area contributed by atoms with E-state index in [9.17, 15) is 0 Å². The van der Waals surface area contributed by atoms with Gasteiger partial charge in [0, 0.05) is 32.6 Å². The molecule has 0 aromatic heterocycles. The second-order valence-corrected chi connectivity index (χ2v) is 4.81. The summed E-state index contributed by atoms with van der Waals surface area (Å²) < 4.78 is 5.43. The van der Waals surface area contributed by atoms with Gasteiger partial charge in [-0.3, -0.25) is 4.90 Å². The molecule has 1 fully saturated rings. The lowest BCUT2D eigenvalue weighted by atomic mass is 10.2. The molecule has 1 aliphatic rings. The van der Waals surface area contributed by atoms with E-state index in [0.717, 1.165) is 51.3 Å². The number of terminal acetylenes is 1. The molecule has 3 nitrogen and oxygen atoms in total. The standard InChI is InChI=1S/C16H22N2O/c1-3-4-7-10-17-11-13-18(14-12-17)15-8-5-6-9-16(15)19-2/h1,5-6,8-9H,4,7,10-14H2,2H3. The van der Waals surface area contributed by atoms with Gasteiger partial charge in [0.1, 0.15) is 5.75 Å². The largest absolute Gasteiger partial charge is 0.495 e. The van der Waals surface area contributed by atoms with Crippen molar-refractivity contribution in [1.82, 2.24) is 4.90 Å². The minimum Gasteiger partial charge on any atom is -0.495 e. The van der Waals surface area contributed by atoms with Gasteiger partial charge in [0.15, 0.2) is 0 Å². The number of rotatable bonds is 5. The first-order chi connectivity index (χ1) is 9.35. The Hall–Kier alpha value is -1.66. The first kappa shape index (κ1) is 13.8. The maximum Gasteiger partial charge on any atom is 0.142 e. The number of anilines is 1. The first-order valence-electron chi connectivity index (χ1n) is 6.89. The van der Waals surface area contributed by atoms with Gasteiger partial charge in [0.05, 0.1) is 12.8 Å². The van der Waals surface area contributed by atoms with Crippen LogP contribution in [0.15, 0.2) is 24.3 Å². The van der Waals surface area contributed by atoms with Crippen molar-refractivity contribution >= 4 is 5.69 Å². The maximum absolute atomic E-state index is 5.43. The van der Waals surface area contributed by atoms with Gasteiger partial charge in [-0.05, 0) is 25.1 Å². The molecule has 0 amide bonds. The van der Waals surface area contributed by atoms with E-state index in [-0.39, 0.29) is 0 Å². The van der Waals surface area contributed by atoms with Crippen LogP contribution in [0.5, 0.6) is 5.75 Å². The monoisotopic (exact) mass is 258 g/mol. The van der Waals surface area contributed by atoms with Crippen molar-refractivity contribution in [3.05, 3.63) is 24.3 Å². The van der Waals surface area contributed by atoms with Gasteiger partial charge in [0.2, 0.25) is 0 Å². The van der Waals surface area contributed by atoms with Gasteiger partial charge in [-0.1, -0.05) is 12.1 Å². The second kappa shape index (κ2) is 7.06. The summed E-state index contributed by atoms with van der Waals surface area (Å²) in [4.78, 5) is 4.89. The van der Waals surface area contributed by atoms with E-state index in [1.165, 1.54) is 5.69 Å². The predicted octanol–water partition coefficient (Wildman–Crippen LogP) is 2.23. The Kier molecular flexibility index (Phi) is 5.11. The van der Waals surface area contributed by atoms with Crippen LogP contribution in [0.3, 0.4) is 0 Å². The fourth-order valence-electron chi connectivity index (χ4n) is 2.51.